The maximum Gasteiger partial charge on any atom is 0.0462 e. The predicted octanol–water partition coefficient (Wildman–Crippen LogP) is 12.0. The van der Waals surface area contributed by atoms with Gasteiger partial charge in [0.2, 0.25) is 0 Å². The maximum absolute atomic E-state index is 4.33. The second kappa shape index (κ2) is 12.2. The highest BCUT2D eigenvalue weighted by atomic mass is 15.1. The molecule has 0 saturated heterocycles. The van der Waals surface area contributed by atoms with Crippen LogP contribution in [-0.2, 0) is 5.41 Å². The maximum atomic E-state index is 4.33. The van der Waals surface area contributed by atoms with E-state index in [0.717, 1.165) is 41.9 Å². The van der Waals surface area contributed by atoms with E-state index in [2.05, 4.69) is 140 Å². The Morgan fingerprint density at radius 1 is 0.738 bits per heavy atom. The molecule has 4 aromatic carbocycles. The van der Waals surface area contributed by atoms with Gasteiger partial charge in [0.05, 0.1) is 0 Å². The van der Waals surface area contributed by atoms with E-state index in [0.29, 0.717) is 0 Å². The van der Waals surface area contributed by atoms with Gasteiger partial charge in [0.15, 0.2) is 0 Å². The molecule has 42 heavy (non-hydrogen) atoms. The minimum absolute atomic E-state index is 0.249. The summed E-state index contributed by atoms with van der Waals surface area (Å²) in [6.07, 6.45) is 16.9. The zero-order chi connectivity index (χ0) is 28.9. The molecule has 0 aromatic heterocycles. The van der Waals surface area contributed by atoms with Crippen LogP contribution >= 0.6 is 0 Å². The molecule has 2 aliphatic rings. The third-order valence-electron chi connectivity index (χ3n) is 9.25. The molecule has 1 nitrogen and oxygen atoms in total. The van der Waals surface area contributed by atoms with E-state index >= 15 is 0 Å². The van der Waals surface area contributed by atoms with Crippen molar-refractivity contribution in [1.82, 2.24) is 0 Å². The first-order valence-electron chi connectivity index (χ1n) is 15.5. The minimum Gasteiger partial charge on any atom is -0.311 e. The molecule has 0 N–H and O–H groups in total. The Bertz CT molecular complexity index is 1600. The highest BCUT2D eigenvalue weighted by molar-refractivity contribution is 5.81. The van der Waals surface area contributed by atoms with Crippen molar-refractivity contribution >= 4 is 28.7 Å². The van der Waals surface area contributed by atoms with Crippen molar-refractivity contribution in [2.45, 2.75) is 57.3 Å². The molecule has 1 saturated carbocycles. The van der Waals surface area contributed by atoms with Gasteiger partial charge >= 0.3 is 0 Å². The summed E-state index contributed by atoms with van der Waals surface area (Å²) in [7, 11) is 0. The SMILES string of the molecule is C=Cc1ccc(N(c2ccc(C3=CCCC=C3)cc2)c2ccc(-c3ccc(C4(CC)CCCC(=C)C4)cc3)cc2)cc1. The minimum atomic E-state index is 0.249. The van der Waals surface area contributed by atoms with E-state index < -0.39 is 0 Å². The van der Waals surface area contributed by atoms with E-state index in [1.165, 1.54) is 59.1 Å². The molecule has 0 amide bonds. The topological polar surface area (TPSA) is 3.24 Å². The van der Waals surface area contributed by atoms with Gasteiger partial charge in [-0.05, 0) is 120 Å². The molecule has 1 fully saturated rings. The number of nitrogens with zero attached hydrogens (tertiary/aromatic N) is 1. The molecular formula is C41H41N. The zero-order valence-corrected chi connectivity index (χ0v) is 24.9. The second-order valence-electron chi connectivity index (χ2n) is 11.9. The highest BCUT2D eigenvalue weighted by Gasteiger charge is 2.33. The van der Waals surface area contributed by atoms with Crippen molar-refractivity contribution in [2.75, 3.05) is 4.90 Å². The van der Waals surface area contributed by atoms with Crippen LogP contribution < -0.4 is 4.90 Å². The van der Waals surface area contributed by atoms with Crippen molar-refractivity contribution in [3.8, 4) is 11.1 Å². The highest BCUT2D eigenvalue weighted by Crippen LogP contribution is 2.44. The number of allylic oxidation sites excluding steroid dienone is 5. The van der Waals surface area contributed by atoms with E-state index in [1.807, 2.05) is 6.08 Å². The van der Waals surface area contributed by atoms with Crippen LogP contribution in [0.2, 0.25) is 0 Å². The van der Waals surface area contributed by atoms with Gasteiger partial charge < -0.3 is 4.90 Å². The Balaban J connectivity index is 1.29. The fourth-order valence-corrected chi connectivity index (χ4v) is 6.74. The lowest BCUT2D eigenvalue weighted by atomic mass is 9.66. The van der Waals surface area contributed by atoms with Crippen LogP contribution in [0.1, 0.15) is 68.6 Å². The molecule has 0 bridgehead atoms. The smallest absolute Gasteiger partial charge is 0.0462 e. The van der Waals surface area contributed by atoms with Crippen LogP contribution in [0.5, 0.6) is 0 Å². The van der Waals surface area contributed by atoms with Gasteiger partial charge in [0.25, 0.3) is 0 Å². The van der Waals surface area contributed by atoms with Crippen molar-refractivity contribution in [2.24, 2.45) is 0 Å². The summed E-state index contributed by atoms with van der Waals surface area (Å²) in [5, 5.41) is 0. The second-order valence-corrected chi connectivity index (χ2v) is 11.9. The first-order valence-corrected chi connectivity index (χ1v) is 15.5. The zero-order valence-electron chi connectivity index (χ0n) is 24.9. The van der Waals surface area contributed by atoms with Gasteiger partial charge in [0, 0.05) is 17.1 Å². The average Bonchev–Trinajstić information content (AvgIpc) is 3.06. The Morgan fingerprint density at radius 2 is 1.31 bits per heavy atom. The fraction of sp³-hybridized carbons (Fsp3) is 0.220. The van der Waals surface area contributed by atoms with Crippen LogP contribution in [0.25, 0.3) is 22.8 Å². The van der Waals surface area contributed by atoms with E-state index in [-0.39, 0.29) is 5.41 Å². The van der Waals surface area contributed by atoms with Gasteiger partial charge in [-0.3, -0.25) is 0 Å². The van der Waals surface area contributed by atoms with Crippen LogP contribution in [0.4, 0.5) is 17.1 Å². The normalized spacial score (nSPS) is 18.4. The summed E-state index contributed by atoms with van der Waals surface area (Å²) in [5.41, 5.74) is 12.7. The molecule has 0 aliphatic heterocycles. The summed E-state index contributed by atoms with van der Waals surface area (Å²) >= 11 is 0. The first-order chi connectivity index (χ1) is 20.6. The summed E-state index contributed by atoms with van der Waals surface area (Å²) in [6.45, 7) is 10.6. The summed E-state index contributed by atoms with van der Waals surface area (Å²) < 4.78 is 0. The van der Waals surface area contributed by atoms with Crippen molar-refractivity contribution in [3.05, 3.63) is 151 Å². The number of rotatable bonds is 8. The van der Waals surface area contributed by atoms with Crippen LogP contribution in [0.15, 0.2) is 134 Å². The standard InChI is InChI=1S/C41H41N/c1-4-32-13-23-38(24-14-32)42(39-25-17-35(18-26-39)33-11-7-6-8-12-33)40-27-19-36(20-28-40)34-15-21-37(22-16-34)41(5-2)29-9-10-31(3)30-41/h4,7,11-28H,1,3,5-6,8-10,29-30H2,2H3. The van der Waals surface area contributed by atoms with Crippen molar-refractivity contribution in [3.63, 3.8) is 0 Å². The van der Waals surface area contributed by atoms with Gasteiger partial charge in [-0.2, -0.15) is 0 Å². The van der Waals surface area contributed by atoms with Crippen LogP contribution in [0.3, 0.4) is 0 Å². The van der Waals surface area contributed by atoms with Gasteiger partial charge in [-0.25, -0.2) is 0 Å². The third kappa shape index (κ3) is 5.70. The third-order valence-corrected chi connectivity index (χ3v) is 9.25. The molecule has 1 atom stereocenters. The number of hydrogen-bond acceptors (Lipinski definition) is 1. The summed E-state index contributed by atoms with van der Waals surface area (Å²) in [6, 6.07) is 35.8. The average molecular weight is 548 g/mol. The number of anilines is 3. The molecule has 6 rings (SSSR count). The Kier molecular flexibility index (Phi) is 8.11. The summed E-state index contributed by atoms with van der Waals surface area (Å²) in [4.78, 5) is 2.33. The fourth-order valence-electron chi connectivity index (χ4n) is 6.74. The quantitative estimate of drug-likeness (QED) is 0.198. The molecule has 1 heteroatoms. The van der Waals surface area contributed by atoms with Crippen molar-refractivity contribution < 1.29 is 0 Å². The van der Waals surface area contributed by atoms with Crippen molar-refractivity contribution in [1.29, 1.82) is 0 Å². The van der Waals surface area contributed by atoms with E-state index in [4.69, 9.17) is 0 Å². The summed E-state index contributed by atoms with van der Waals surface area (Å²) in [5.74, 6) is 0. The van der Waals surface area contributed by atoms with Crippen LogP contribution in [-0.4, -0.2) is 0 Å². The molecule has 2 aliphatic carbocycles. The monoisotopic (exact) mass is 547 g/mol. The Labute approximate surface area is 252 Å². The first kappa shape index (κ1) is 27.8. The molecule has 1 unspecified atom stereocenters. The van der Waals surface area contributed by atoms with Gasteiger partial charge in [-0.1, -0.05) is 111 Å². The molecule has 4 aromatic rings. The largest absolute Gasteiger partial charge is 0.311 e. The molecular weight excluding hydrogens is 506 g/mol. The molecule has 0 spiro atoms. The van der Waals surface area contributed by atoms with Crippen LogP contribution in [0, 0.1) is 0 Å². The predicted molar refractivity (Wildman–Crippen MR) is 183 cm³/mol. The number of benzene rings is 4. The lowest BCUT2D eigenvalue weighted by molar-refractivity contribution is 0.330. The van der Waals surface area contributed by atoms with Gasteiger partial charge in [-0.15, -0.1) is 0 Å². The molecule has 0 radical (unpaired) electrons. The molecule has 0 heterocycles. The van der Waals surface area contributed by atoms with E-state index in [1.54, 1.807) is 0 Å². The molecule has 210 valence electrons. The lowest BCUT2D eigenvalue weighted by Gasteiger charge is -2.38. The van der Waals surface area contributed by atoms with Gasteiger partial charge in [0.1, 0.15) is 0 Å². The Hall–Kier alpha value is -4.36. The lowest BCUT2D eigenvalue weighted by Crippen LogP contribution is -2.28. The Morgan fingerprint density at radius 3 is 1.83 bits per heavy atom. The van der Waals surface area contributed by atoms with E-state index in [9.17, 15) is 0 Å². The number of hydrogen-bond donors (Lipinski definition) is 0.